The topological polar surface area (TPSA) is 102 Å². The van der Waals surface area contributed by atoms with Crippen molar-refractivity contribution in [2.75, 3.05) is 13.2 Å². The van der Waals surface area contributed by atoms with Crippen molar-refractivity contribution in [1.29, 1.82) is 0 Å². The van der Waals surface area contributed by atoms with E-state index >= 15 is 0 Å². The third kappa shape index (κ3) is 5.12. The van der Waals surface area contributed by atoms with E-state index in [1.54, 1.807) is 33.8 Å². The summed E-state index contributed by atoms with van der Waals surface area (Å²) in [5, 5.41) is -0.116. The smallest absolute Gasteiger partial charge is 0.344 e. The SMILES string of the molecule is CCOC(=O)COc1nc(C)cc(C)c1Oc1cc(-n2c(=O)cc(C)n(C)c2=O)c(F)cc1Cl. The average molecular weight is 492 g/mol. The predicted octanol–water partition coefficient (Wildman–Crippen LogP) is 3.38. The van der Waals surface area contributed by atoms with Gasteiger partial charge in [-0.15, -0.1) is 0 Å². The van der Waals surface area contributed by atoms with E-state index in [-0.39, 0.29) is 34.7 Å². The standard InChI is InChI=1S/C23H23ClFN3O6/c1-6-32-20(30)11-33-22-21(12(2)7-13(3)26-22)34-18-10-17(16(25)9-15(18)24)28-19(29)8-14(4)27(5)23(28)31/h7-10H,6,11H2,1-5H3. The summed E-state index contributed by atoms with van der Waals surface area (Å²) in [5.41, 5.74) is -0.164. The minimum atomic E-state index is -0.891. The molecule has 0 aliphatic heterocycles. The van der Waals surface area contributed by atoms with Crippen molar-refractivity contribution in [2.45, 2.75) is 27.7 Å². The average Bonchev–Trinajstić information content (AvgIpc) is 2.75. The minimum absolute atomic E-state index is 0.00379. The summed E-state index contributed by atoms with van der Waals surface area (Å²) in [7, 11) is 1.47. The summed E-state index contributed by atoms with van der Waals surface area (Å²) < 4.78 is 33.0. The van der Waals surface area contributed by atoms with Crippen LogP contribution >= 0.6 is 11.6 Å². The van der Waals surface area contributed by atoms with Crippen LogP contribution < -0.4 is 20.7 Å². The molecular formula is C23H23ClFN3O6. The van der Waals surface area contributed by atoms with Crippen molar-refractivity contribution in [2.24, 2.45) is 7.05 Å². The van der Waals surface area contributed by atoms with Gasteiger partial charge in [0.15, 0.2) is 12.4 Å². The molecule has 3 aromatic rings. The van der Waals surface area contributed by atoms with Crippen LogP contribution in [0.2, 0.25) is 5.02 Å². The normalized spacial score (nSPS) is 10.8. The Hall–Kier alpha value is -3.66. The first-order valence-corrected chi connectivity index (χ1v) is 10.6. The van der Waals surface area contributed by atoms with Gasteiger partial charge in [-0.1, -0.05) is 11.6 Å². The molecule has 1 aromatic carbocycles. The molecule has 0 aliphatic rings. The number of carbonyl (C=O) groups is 1. The van der Waals surface area contributed by atoms with E-state index in [4.69, 9.17) is 25.8 Å². The second-order valence-corrected chi connectivity index (χ2v) is 7.85. The van der Waals surface area contributed by atoms with Gasteiger partial charge in [0.05, 0.1) is 17.3 Å². The number of ether oxygens (including phenoxy) is 3. The van der Waals surface area contributed by atoms with Crippen LogP contribution in [0.15, 0.2) is 33.9 Å². The fourth-order valence-corrected chi connectivity index (χ4v) is 3.37. The molecule has 0 atom stereocenters. The molecule has 0 saturated heterocycles. The van der Waals surface area contributed by atoms with E-state index in [0.717, 1.165) is 12.1 Å². The van der Waals surface area contributed by atoms with Crippen molar-refractivity contribution in [3.63, 3.8) is 0 Å². The zero-order valence-electron chi connectivity index (χ0n) is 19.3. The van der Waals surface area contributed by atoms with Crippen LogP contribution in [-0.2, 0) is 16.6 Å². The monoisotopic (exact) mass is 491 g/mol. The van der Waals surface area contributed by atoms with Crippen LogP contribution in [0.25, 0.3) is 5.69 Å². The number of aromatic nitrogens is 3. The Morgan fingerprint density at radius 3 is 2.53 bits per heavy atom. The van der Waals surface area contributed by atoms with Gasteiger partial charge in [0, 0.05) is 30.6 Å². The highest BCUT2D eigenvalue weighted by atomic mass is 35.5. The number of hydrogen-bond donors (Lipinski definition) is 0. The molecule has 0 fully saturated rings. The van der Waals surface area contributed by atoms with Crippen molar-refractivity contribution in [1.82, 2.24) is 14.1 Å². The number of carbonyl (C=O) groups excluding carboxylic acids is 1. The quantitative estimate of drug-likeness (QED) is 0.467. The lowest BCUT2D eigenvalue weighted by Gasteiger charge is -2.17. The van der Waals surface area contributed by atoms with Crippen LogP contribution in [0.3, 0.4) is 0 Å². The highest BCUT2D eigenvalue weighted by Gasteiger charge is 2.20. The van der Waals surface area contributed by atoms with Gasteiger partial charge >= 0.3 is 11.7 Å². The van der Waals surface area contributed by atoms with Gasteiger partial charge in [-0.25, -0.2) is 23.5 Å². The third-order valence-corrected chi connectivity index (χ3v) is 5.20. The Morgan fingerprint density at radius 1 is 1.15 bits per heavy atom. The fourth-order valence-electron chi connectivity index (χ4n) is 3.18. The molecule has 0 spiro atoms. The van der Waals surface area contributed by atoms with E-state index in [2.05, 4.69) is 4.98 Å². The van der Waals surface area contributed by atoms with E-state index in [1.165, 1.54) is 17.7 Å². The lowest BCUT2D eigenvalue weighted by atomic mass is 10.2. The Morgan fingerprint density at radius 2 is 1.85 bits per heavy atom. The van der Waals surface area contributed by atoms with Crippen LogP contribution in [0.4, 0.5) is 4.39 Å². The number of hydrogen-bond acceptors (Lipinski definition) is 7. The molecule has 0 saturated carbocycles. The molecule has 34 heavy (non-hydrogen) atoms. The second kappa shape index (κ2) is 10.1. The number of halogens is 2. The zero-order chi connectivity index (χ0) is 25.2. The van der Waals surface area contributed by atoms with Crippen LogP contribution in [0.1, 0.15) is 23.9 Å². The van der Waals surface area contributed by atoms with Gasteiger partial charge < -0.3 is 18.8 Å². The summed E-state index contributed by atoms with van der Waals surface area (Å²) in [4.78, 5) is 41.2. The summed E-state index contributed by atoms with van der Waals surface area (Å²) in [6.07, 6.45) is 0. The third-order valence-electron chi connectivity index (χ3n) is 4.90. The molecule has 0 aliphatic carbocycles. The first-order chi connectivity index (χ1) is 16.0. The predicted molar refractivity (Wildman–Crippen MR) is 123 cm³/mol. The van der Waals surface area contributed by atoms with Crippen molar-refractivity contribution >= 4 is 17.6 Å². The molecule has 9 nitrogen and oxygen atoms in total. The number of pyridine rings is 1. The van der Waals surface area contributed by atoms with Crippen LogP contribution in [0.5, 0.6) is 17.4 Å². The maximum absolute atomic E-state index is 14.8. The van der Waals surface area contributed by atoms with Gasteiger partial charge in [-0.3, -0.25) is 4.79 Å². The maximum atomic E-state index is 14.8. The largest absolute Gasteiger partial charge is 0.463 e. The molecule has 2 aromatic heterocycles. The molecule has 180 valence electrons. The molecule has 11 heteroatoms. The molecular weight excluding hydrogens is 469 g/mol. The molecule has 0 bridgehead atoms. The van der Waals surface area contributed by atoms with Crippen LogP contribution in [0, 0.1) is 26.6 Å². The van der Waals surface area contributed by atoms with Crippen LogP contribution in [-0.4, -0.2) is 33.3 Å². The van der Waals surface area contributed by atoms with Crippen molar-refractivity contribution in [3.05, 3.63) is 72.9 Å². The molecule has 2 heterocycles. The van der Waals surface area contributed by atoms with E-state index in [1.807, 2.05) is 0 Å². The maximum Gasteiger partial charge on any atom is 0.344 e. The lowest BCUT2D eigenvalue weighted by Crippen LogP contribution is -2.38. The van der Waals surface area contributed by atoms with Gasteiger partial charge in [0.2, 0.25) is 0 Å². The van der Waals surface area contributed by atoms with Gasteiger partial charge in [-0.05, 0) is 45.4 Å². The second-order valence-electron chi connectivity index (χ2n) is 7.45. The van der Waals surface area contributed by atoms with Crippen molar-refractivity contribution in [3.8, 4) is 23.1 Å². The van der Waals surface area contributed by atoms with Gasteiger partial charge in [0.25, 0.3) is 11.4 Å². The van der Waals surface area contributed by atoms with E-state index in [9.17, 15) is 18.8 Å². The zero-order valence-corrected chi connectivity index (χ0v) is 20.0. The Bertz CT molecular complexity index is 1380. The minimum Gasteiger partial charge on any atom is -0.463 e. The van der Waals surface area contributed by atoms with Crippen molar-refractivity contribution < 1.29 is 23.4 Å². The van der Waals surface area contributed by atoms with E-state index in [0.29, 0.717) is 21.5 Å². The summed E-state index contributed by atoms with van der Waals surface area (Å²) in [6, 6.07) is 5.01. The first-order valence-electron chi connectivity index (χ1n) is 10.3. The highest BCUT2D eigenvalue weighted by Crippen LogP contribution is 2.38. The number of rotatable bonds is 7. The Balaban J connectivity index is 2.09. The van der Waals surface area contributed by atoms with E-state index < -0.39 is 29.6 Å². The lowest BCUT2D eigenvalue weighted by molar-refractivity contribution is -0.145. The Kier molecular flexibility index (Phi) is 7.41. The summed E-state index contributed by atoms with van der Waals surface area (Å²) >= 11 is 6.21. The van der Waals surface area contributed by atoms with Gasteiger partial charge in [-0.2, -0.15) is 0 Å². The molecule has 0 radical (unpaired) electrons. The fraction of sp³-hybridized carbons (Fsp3) is 0.304. The molecule has 0 unspecified atom stereocenters. The molecule has 0 N–H and O–H groups in total. The van der Waals surface area contributed by atoms with Gasteiger partial charge in [0.1, 0.15) is 11.6 Å². The number of nitrogens with zero attached hydrogens (tertiary/aromatic N) is 3. The highest BCUT2D eigenvalue weighted by molar-refractivity contribution is 6.32. The molecule has 3 rings (SSSR count). The Labute approximate surface area is 199 Å². The number of aryl methyl sites for hydroxylation is 3. The summed E-state index contributed by atoms with van der Waals surface area (Å²) in [5.74, 6) is -1.42. The number of esters is 1. The number of benzene rings is 1. The molecule has 0 amide bonds. The summed E-state index contributed by atoms with van der Waals surface area (Å²) in [6.45, 7) is 6.50. The first kappa shape index (κ1) is 25.0.